The van der Waals surface area contributed by atoms with Crippen LogP contribution < -0.4 is 10.2 Å². The molecule has 1 saturated heterocycles. The number of piperidine rings is 1. The molecule has 1 saturated carbocycles. The Morgan fingerprint density at radius 2 is 1.94 bits per heavy atom. The van der Waals surface area contributed by atoms with Gasteiger partial charge in [0.15, 0.2) is 0 Å². The van der Waals surface area contributed by atoms with Gasteiger partial charge in [-0.3, -0.25) is 4.21 Å². The Hall–Kier alpha value is -2.85. The molecule has 3 aromatic rings. The number of benzene rings is 1. The number of nitrogens with one attached hydrogen (secondary N) is 1. The second-order valence-corrected chi connectivity index (χ2v) is 10.6. The van der Waals surface area contributed by atoms with Crippen molar-refractivity contribution in [1.82, 2.24) is 20.2 Å². The second-order valence-electron chi connectivity index (χ2n) is 9.08. The zero-order valence-corrected chi connectivity index (χ0v) is 19.1. The van der Waals surface area contributed by atoms with Gasteiger partial charge in [-0.05, 0) is 37.8 Å². The molecule has 1 aromatic carbocycles. The molecule has 0 amide bonds. The van der Waals surface area contributed by atoms with Crippen molar-refractivity contribution in [3.05, 3.63) is 41.9 Å². The van der Waals surface area contributed by atoms with E-state index in [1.54, 1.807) is 0 Å². The van der Waals surface area contributed by atoms with Crippen molar-refractivity contribution in [2.45, 2.75) is 48.5 Å². The van der Waals surface area contributed by atoms with Gasteiger partial charge in [0.1, 0.15) is 10.7 Å². The third-order valence-corrected chi connectivity index (χ3v) is 8.26. The standard InChI is InChI=1S/C23H26N6O3S/c30-14-23(9-10-23)26-19-18-17(8-13-33(18)31)24-22(25-19)29-11-6-16(7-12-29)21-28-27-20(32-21)15-4-2-1-3-5-15/h1-5,16,30H,6-14H2,(H,24,25,26). The maximum atomic E-state index is 12.6. The minimum atomic E-state index is -1.09. The highest BCUT2D eigenvalue weighted by atomic mass is 32.2. The van der Waals surface area contributed by atoms with E-state index in [4.69, 9.17) is 14.4 Å². The van der Waals surface area contributed by atoms with Gasteiger partial charge in [0.2, 0.25) is 17.7 Å². The van der Waals surface area contributed by atoms with Crippen molar-refractivity contribution < 1.29 is 13.7 Å². The lowest BCUT2D eigenvalue weighted by atomic mass is 9.97. The summed E-state index contributed by atoms with van der Waals surface area (Å²) < 4.78 is 18.5. The van der Waals surface area contributed by atoms with Crippen LogP contribution in [-0.4, -0.2) is 60.5 Å². The molecular weight excluding hydrogens is 440 g/mol. The Morgan fingerprint density at radius 1 is 1.15 bits per heavy atom. The number of hydrogen-bond acceptors (Lipinski definition) is 9. The van der Waals surface area contributed by atoms with E-state index >= 15 is 0 Å². The summed E-state index contributed by atoms with van der Waals surface area (Å²) in [6.07, 6.45) is 4.22. The van der Waals surface area contributed by atoms with Crippen molar-refractivity contribution in [3.8, 4) is 11.5 Å². The fraction of sp³-hybridized carbons (Fsp3) is 0.478. The molecule has 0 bridgehead atoms. The number of fused-ring (bicyclic) bond motifs is 1. The van der Waals surface area contributed by atoms with E-state index in [-0.39, 0.29) is 18.1 Å². The molecule has 0 radical (unpaired) electrons. The van der Waals surface area contributed by atoms with Gasteiger partial charge in [0.25, 0.3) is 0 Å². The van der Waals surface area contributed by atoms with E-state index in [1.807, 2.05) is 30.3 Å². The van der Waals surface area contributed by atoms with Crippen LogP contribution in [0, 0.1) is 0 Å². The molecule has 3 aliphatic rings. The van der Waals surface area contributed by atoms with Crippen LogP contribution in [0.25, 0.3) is 11.5 Å². The van der Waals surface area contributed by atoms with E-state index in [1.165, 1.54) is 0 Å². The van der Waals surface area contributed by atoms with Gasteiger partial charge in [0.05, 0.1) is 28.6 Å². The zero-order valence-electron chi connectivity index (χ0n) is 18.2. The molecule has 2 N–H and O–H groups in total. The highest BCUT2D eigenvalue weighted by Gasteiger charge is 2.44. The quantitative estimate of drug-likeness (QED) is 0.565. The topological polar surface area (TPSA) is 117 Å². The van der Waals surface area contributed by atoms with Crippen LogP contribution in [0.1, 0.15) is 43.2 Å². The van der Waals surface area contributed by atoms with Crippen LogP contribution in [0.5, 0.6) is 0 Å². The number of nitrogens with zero attached hydrogens (tertiary/aromatic N) is 5. The smallest absolute Gasteiger partial charge is 0.247 e. The van der Waals surface area contributed by atoms with Crippen molar-refractivity contribution in [2.75, 3.05) is 35.7 Å². The van der Waals surface area contributed by atoms with Crippen LogP contribution in [0.15, 0.2) is 39.6 Å². The molecule has 1 atom stereocenters. The number of aliphatic hydroxyl groups excluding tert-OH is 1. The molecule has 2 aromatic heterocycles. The highest BCUT2D eigenvalue weighted by Crippen LogP contribution is 2.41. The lowest BCUT2D eigenvalue weighted by molar-refractivity contribution is 0.265. The maximum absolute atomic E-state index is 12.6. The summed E-state index contributed by atoms with van der Waals surface area (Å²) in [5.74, 6) is 3.31. The average molecular weight is 467 g/mol. The minimum absolute atomic E-state index is 0.0499. The van der Waals surface area contributed by atoms with Crippen LogP contribution in [0.4, 0.5) is 11.8 Å². The molecule has 33 heavy (non-hydrogen) atoms. The second kappa shape index (κ2) is 8.18. The van der Waals surface area contributed by atoms with Crippen LogP contribution >= 0.6 is 0 Å². The fourth-order valence-electron chi connectivity index (χ4n) is 4.56. The Labute approximate surface area is 194 Å². The average Bonchev–Trinajstić information content (AvgIpc) is 3.27. The minimum Gasteiger partial charge on any atom is -0.420 e. The van der Waals surface area contributed by atoms with Gasteiger partial charge in [-0.15, -0.1) is 10.2 Å². The Kier molecular flexibility index (Phi) is 5.14. The van der Waals surface area contributed by atoms with Crippen molar-refractivity contribution >= 4 is 22.6 Å². The summed E-state index contributed by atoms with van der Waals surface area (Å²) in [6, 6.07) is 9.81. The zero-order chi connectivity index (χ0) is 22.4. The number of anilines is 2. The molecule has 6 rings (SSSR count). The lowest BCUT2D eigenvalue weighted by Gasteiger charge is -2.31. The van der Waals surface area contributed by atoms with Gasteiger partial charge in [0, 0.05) is 36.7 Å². The maximum Gasteiger partial charge on any atom is 0.247 e. The fourth-order valence-corrected chi connectivity index (χ4v) is 5.86. The first kappa shape index (κ1) is 20.7. The first-order valence-electron chi connectivity index (χ1n) is 11.5. The monoisotopic (exact) mass is 466 g/mol. The Morgan fingerprint density at radius 3 is 2.67 bits per heavy atom. The summed E-state index contributed by atoms with van der Waals surface area (Å²) in [6.45, 7) is 1.61. The van der Waals surface area contributed by atoms with Gasteiger partial charge in [-0.25, -0.2) is 4.98 Å². The van der Waals surface area contributed by atoms with Gasteiger partial charge < -0.3 is 19.7 Å². The van der Waals surface area contributed by atoms with Gasteiger partial charge in [-0.2, -0.15) is 4.98 Å². The first-order chi connectivity index (χ1) is 16.1. The number of hydrogen-bond donors (Lipinski definition) is 2. The van der Waals surface area contributed by atoms with E-state index in [0.29, 0.717) is 40.6 Å². The van der Waals surface area contributed by atoms with Crippen molar-refractivity contribution in [3.63, 3.8) is 0 Å². The molecule has 2 fully saturated rings. The van der Waals surface area contributed by atoms with Crippen molar-refractivity contribution in [1.29, 1.82) is 0 Å². The SMILES string of the molecule is O=S1CCc2nc(N3CCC(c4nnc(-c5ccccc5)o4)CC3)nc(NC3(CO)CC3)c21. The largest absolute Gasteiger partial charge is 0.420 e. The van der Waals surface area contributed by atoms with E-state index in [9.17, 15) is 9.32 Å². The van der Waals surface area contributed by atoms with Crippen LogP contribution in [-0.2, 0) is 17.2 Å². The summed E-state index contributed by atoms with van der Waals surface area (Å²) in [7, 11) is -1.09. The first-order valence-corrected chi connectivity index (χ1v) is 12.8. The third-order valence-electron chi connectivity index (χ3n) is 6.80. The molecular formula is C23H26N6O3S. The van der Waals surface area contributed by atoms with Crippen LogP contribution in [0.3, 0.4) is 0 Å². The number of aromatic nitrogens is 4. The Bertz CT molecular complexity index is 1190. The molecule has 172 valence electrons. The molecule has 0 spiro atoms. The molecule has 1 unspecified atom stereocenters. The summed E-state index contributed by atoms with van der Waals surface area (Å²) in [5, 5.41) is 21.7. The molecule has 9 nitrogen and oxygen atoms in total. The predicted molar refractivity (Wildman–Crippen MR) is 124 cm³/mol. The van der Waals surface area contributed by atoms with Crippen LogP contribution in [0.2, 0.25) is 0 Å². The van der Waals surface area contributed by atoms with E-state index < -0.39 is 10.8 Å². The summed E-state index contributed by atoms with van der Waals surface area (Å²) >= 11 is 0. The van der Waals surface area contributed by atoms with Crippen molar-refractivity contribution in [2.24, 2.45) is 0 Å². The molecule has 10 heteroatoms. The number of aliphatic hydroxyl groups is 1. The normalized spacial score (nSPS) is 21.7. The van der Waals surface area contributed by atoms with Gasteiger partial charge >= 0.3 is 0 Å². The number of rotatable bonds is 6. The highest BCUT2D eigenvalue weighted by molar-refractivity contribution is 7.85. The number of aryl methyl sites for hydroxylation is 1. The third kappa shape index (κ3) is 3.91. The molecule has 4 heterocycles. The van der Waals surface area contributed by atoms with E-state index in [0.717, 1.165) is 50.0 Å². The Balaban J connectivity index is 1.19. The predicted octanol–water partition coefficient (Wildman–Crippen LogP) is 2.51. The molecule has 2 aliphatic heterocycles. The summed E-state index contributed by atoms with van der Waals surface area (Å²) in [4.78, 5) is 12.4. The summed E-state index contributed by atoms with van der Waals surface area (Å²) in [5.41, 5.74) is 1.46. The van der Waals surface area contributed by atoms with E-state index in [2.05, 4.69) is 20.4 Å². The lowest BCUT2D eigenvalue weighted by Crippen LogP contribution is -2.35. The van der Waals surface area contributed by atoms with Gasteiger partial charge in [-0.1, -0.05) is 18.2 Å². The molecule has 1 aliphatic carbocycles.